The van der Waals surface area contributed by atoms with Crippen LogP contribution in [-0.4, -0.2) is 16.9 Å². The number of carbonyl (C=O) groups is 2. The normalized spacial score (nSPS) is 12.1. The molecule has 0 aromatic heterocycles. The number of aliphatic carboxylic acids is 1. The fourth-order valence-electron chi connectivity index (χ4n) is 6.52. The lowest BCUT2D eigenvalue weighted by molar-refractivity contribution is -0.146. The predicted octanol–water partition coefficient (Wildman–Crippen LogP) is 13.9. The van der Waals surface area contributed by atoms with E-state index >= 15 is 0 Å². The molecule has 3 heteroatoms. The van der Waals surface area contributed by atoms with Gasteiger partial charge in [0.15, 0.2) is 0 Å². The fourth-order valence-corrected chi connectivity index (χ4v) is 6.52. The van der Waals surface area contributed by atoms with Gasteiger partial charge >= 0.3 is 5.97 Å². The smallest absolute Gasteiger partial charge is 0.314 e. The van der Waals surface area contributed by atoms with Crippen molar-refractivity contribution in [2.75, 3.05) is 0 Å². The van der Waals surface area contributed by atoms with Crippen molar-refractivity contribution in [2.45, 2.75) is 239 Å². The van der Waals surface area contributed by atoms with Gasteiger partial charge in [0, 0.05) is 6.42 Å². The van der Waals surface area contributed by atoms with Crippen LogP contribution in [0.15, 0.2) is 0 Å². The Kier molecular flexibility index (Phi) is 34.9. The maximum absolute atomic E-state index is 12.6. The molecule has 0 aromatic carbocycles. The molecule has 43 heavy (non-hydrogen) atoms. The van der Waals surface area contributed by atoms with Crippen LogP contribution in [0.25, 0.3) is 0 Å². The molecule has 1 N–H and O–H groups in total. The summed E-state index contributed by atoms with van der Waals surface area (Å²) in [5.74, 6) is -1.71. The highest BCUT2D eigenvalue weighted by molar-refractivity contribution is 5.98. The number of hydrogen-bond acceptors (Lipinski definition) is 2. The van der Waals surface area contributed by atoms with E-state index in [4.69, 9.17) is 0 Å². The SMILES string of the molecule is CCCCCCCCCCCCCCCCCCCCCC(=O)C(CCCCCCCCCCCCCCCC)C(=O)O. The van der Waals surface area contributed by atoms with Gasteiger partial charge in [0.05, 0.1) is 0 Å². The average molecular weight is 607 g/mol. The number of Topliss-reactive ketones (excluding diaryl/α,β-unsaturated/α-hetero) is 1. The Balaban J connectivity index is 3.48. The lowest BCUT2D eigenvalue weighted by atomic mass is 9.93. The van der Waals surface area contributed by atoms with Crippen LogP contribution in [-0.2, 0) is 9.59 Å². The molecule has 0 aromatic rings. The van der Waals surface area contributed by atoms with E-state index in [1.807, 2.05) is 0 Å². The van der Waals surface area contributed by atoms with Crippen molar-refractivity contribution >= 4 is 11.8 Å². The first-order valence-electron chi connectivity index (χ1n) is 19.9. The van der Waals surface area contributed by atoms with Crippen LogP contribution in [0.5, 0.6) is 0 Å². The zero-order chi connectivity index (χ0) is 31.5. The van der Waals surface area contributed by atoms with Gasteiger partial charge in [-0.25, -0.2) is 0 Å². The number of carboxylic acid groups (broad SMARTS) is 1. The summed E-state index contributed by atoms with van der Waals surface area (Å²) in [7, 11) is 0. The van der Waals surface area contributed by atoms with Crippen molar-refractivity contribution in [1.29, 1.82) is 0 Å². The lowest BCUT2D eigenvalue weighted by Crippen LogP contribution is -2.23. The Morgan fingerprint density at radius 3 is 0.860 bits per heavy atom. The third kappa shape index (κ3) is 32.3. The van der Waals surface area contributed by atoms with Crippen molar-refractivity contribution in [2.24, 2.45) is 5.92 Å². The minimum Gasteiger partial charge on any atom is -0.481 e. The predicted molar refractivity (Wildman–Crippen MR) is 189 cm³/mol. The van der Waals surface area contributed by atoms with Gasteiger partial charge in [-0.15, -0.1) is 0 Å². The highest BCUT2D eigenvalue weighted by Gasteiger charge is 2.24. The molecule has 0 fully saturated rings. The number of ketones is 1. The molecule has 0 rings (SSSR count). The van der Waals surface area contributed by atoms with E-state index < -0.39 is 11.9 Å². The van der Waals surface area contributed by atoms with E-state index in [1.54, 1.807) is 0 Å². The van der Waals surface area contributed by atoms with Crippen molar-refractivity contribution in [1.82, 2.24) is 0 Å². The summed E-state index contributed by atoms with van der Waals surface area (Å²) < 4.78 is 0. The maximum Gasteiger partial charge on any atom is 0.314 e. The molecule has 0 radical (unpaired) electrons. The number of carboxylic acids is 1. The Morgan fingerprint density at radius 2 is 0.605 bits per heavy atom. The van der Waals surface area contributed by atoms with E-state index in [0.717, 1.165) is 25.7 Å². The van der Waals surface area contributed by atoms with Crippen LogP contribution in [0.1, 0.15) is 239 Å². The van der Waals surface area contributed by atoms with E-state index in [9.17, 15) is 14.7 Å². The first kappa shape index (κ1) is 42.1. The Bertz CT molecular complexity index is 572. The van der Waals surface area contributed by atoms with Crippen molar-refractivity contribution in [3.63, 3.8) is 0 Å². The second-order valence-corrected chi connectivity index (χ2v) is 13.9. The minimum atomic E-state index is -0.905. The van der Waals surface area contributed by atoms with Crippen LogP contribution in [0, 0.1) is 5.92 Å². The lowest BCUT2D eigenvalue weighted by Gasteiger charge is -2.11. The molecule has 0 aliphatic rings. The second-order valence-electron chi connectivity index (χ2n) is 13.9. The van der Waals surface area contributed by atoms with Gasteiger partial charge in [-0.1, -0.05) is 219 Å². The molecule has 0 bridgehead atoms. The van der Waals surface area contributed by atoms with E-state index in [-0.39, 0.29) is 5.78 Å². The van der Waals surface area contributed by atoms with Crippen LogP contribution in [0.2, 0.25) is 0 Å². The van der Waals surface area contributed by atoms with Crippen molar-refractivity contribution in [3.8, 4) is 0 Å². The third-order valence-electron chi connectivity index (χ3n) is 9.56. The summed E-state index contributed by atoms with van der Waals surface area (Å²) in [4.78, 5) is 24.2. The van der Waals surface area contributed by atoms with E-state index in [2.05, 4.69) is 13.8 Å². The number of rotatable bonds is 37. The summed E-state index contributed by atoms with van der Waals surface area (Å²) in [5.41, 5.74) is 0. The van der Waals surface area contributed by atoms with Gasteiger partial charge in [0.25, 0.3) is 0 Å². The Morgan fingerprint density at radius 1 is 0.372 bits per heavy atom. The molecule has 3 nitrogen and oxygen atoms in total. The zero-order valence-electron chi connectivity index (χ0n) is 29.6. The summed E-state index contributed by atoms with van der Waals surface area (Å²) in [6.07, 6.45) is 44.5. The average Bonchev–Trinajstić information content (AvgIpc) is 3.00. The number of hydrogen-bond donors (Lipinski definition) is 1. The molecule has 0 saturated carbocycles. The molecule has 256 valence electrons. The highest BCUT2D eigenvalue weighted by Crippen LogP contribution is 2.19. The van der Waals surface area contributed by atoms with Crippen molar-refractivity contribution < 1.29 is 14.7 Å². The van der Waals surface area contributed by atoms with E-state index in [1.165, 1.54) is 186 Å². The number of unbranched alkanes of at least 4 members (excludes halogenated alkanes) is 31. The molecular formula is C40H78O3. The number of carbonyl (C=O) groups excluding carboxylic acids is 1. The molecule has 0 aliphatic heterocycles. The van der Waals surface area contributed by atoms with Crippen LogP contribution in [0.4, 0.5) is 0 Å². The summed E-state index contributed by atoms with van der Waals surface area (Å²) >= 11 is 0. The standard InChI is InChI=1S/C40H78O3/c1-3-5-7-9-11-13-15-17-19-20-21-22-23-25-27-29-31-33-35-37-39(41)38(40(42)43)36-34-32-30-28-26-24-18-16-14-12-10-8-6-4-2/h38H,3-37H2,1-2H3,(H,42,43). The third-order valence-corrected chi connectivity index (χ3v) is 9.56. The summed E-state index contributed by atoms with van der Waals surface area (Å²) in [6.45, 7) is 4.56. The Hall–Kier alpha value is -0.860. The highest BCUT2D eigenvalue weighted by atomic mass is 16.4. The minimum absolute atomic E-state index is 0.0332. The van der Waals surface area contributed by atoms with Gasteiger partial charge in [0.2, 0.25) is 0 Å². The summed E-state index contributed by atoms with van der Waals surface area (Å²) in [5, 5.41) is 9.59. The topological polar surface area (TPSA) is 54.4 Å². The van der Waals surface area contributed by atoms with E-state index in [0.29, 0.717) is 12.8 Å². The van der Waals surface area contributed by atoms with Gasteiger partial charge < -0.3 is 5.11 Å². The summed E-state index contributed by atoms with van der Waals surface area (Å²) in [6, 6.07) is 0. The fraction of sp³-hybridized carbons (Fsp3) is 0.950. The first-order valence-corrected chi connectivity index (χ1v) is 19.9. The van der Waals surface area contributed by atoms with Crippen LogP contribution >= 0.6 is 0 Å². The molecule has 1 atom stereocenters. The second kappa shape index (κ2) is 35.6. The molecule has 0 spiro atoms. The van der Waals surface area contributed by atoms with Gasteiger partial charge in [0.1, 0.15) is 11.7 Å². The van der Waals surface area contributed by atoms with Gasteiger partial charge in [-0.2, -0.15) is 0 Å². The monoisotopic (exact) mass is 607 g/mol. The molecular weight excluding hydrogens is 528 g/mol. The quantitative estimate of drug-likeness (QED) is 0.0565. The zero-order valence-corrected chi connectivity index (χ0v) is 29.6. The van der Waals surface area contributed by atoms with Crippen LogP contribution in [0.3, 0.4) is 0 Å². The molecule has 1 unspecified atom stereocenters. The van der Waals surface area contributed by atoms with Gasteiger partial charge in [-0.3, -0.25) is 9.59 Å². The molecule has 0 aliphatic carbocycles. The Labute approximate surface area is 270 Å². The van der Waals surface area contributed by atoms with Gasteiger partial charge in [-0.05, 0) is 12.8 Å². The molecule has 0 heterocycles. The van der Waals surface area contributed by atoms with Crippen molar-refractivity contribution in [3.05, 3.63) is 0 Å². The largest absolute Gasteiger partial charge is 0.481 e. The molecule has 0 saturated heterocycles. The van der Waals surface area contributed by atoms with Crippen LogP contribution < -0.4 is 0 Å². The molecule has 0 amide bonds. The first-order chi connectivity index (χ1) is 21.1. The maximum atomic E-state index is 12.6.